The van der Waals surface area contributed by atoms with Crippen LogP contribution in [0.3, 0.4) is 0 Å². The number of anilines is 1. The predicted octanol–water partition coefficient (Wildman–Crippen LogP) is 4.05. The summed E-state index contributed by atoms with van der Waals surface area (Å²) in [5.74, 6) is 0. The molecule has 0 aliphatic carbocycles. The highest BCUT2D eigenvalue weighted by molar-refractivity contribution is 7.14. The Bertz CT molecular complexity index is 552. The van der Waals surface area contributed by atoms with Gasteiger partial charge in [0.05, 0.1) is 11.8 Å². The summed E-state index contributed by atoms with van der Waals surface area (Å²) in [7, 11) is 0. The van der Waals surface area contributed by atoms with E-state index in [1.807, 2.05) is 29.6 Å². The van der Waals surface area contributed by atoms with Crippen LogP contribution in [0.5, 0.6) is 0 Å². The van der Waals surface area contributed by atoms with E-state index in [1.54, 1.807) is 11.3 Å². The first-order valence-electron chi connectivity index (χ1n) is 6.39. The van der Waals surface area contributed by atoms with Crippen LogP contribution in [0.1, 0.15) is 12.8 Å². The summed E-state index contributed by atoms with van der Waals surface area (Å²) in [6.07, 6.45) is 2.62. The van der Waals surface area contributed by atoms with Crippen molar-refractivity contribution in [1.29, 1.82) is 0 Å². The molecular formula is C14H15ClN2OS. The fourth-order valence-electron chi connectivity index (χ4n) is 2.15. The maximum Gasteiger partial charge on any atom is 0.183 e. The summed E-state index contributed by atoms with van der Waals surface area (Å²) in [5, 5.41) is 7.02. The van der Waals surface area contributed by atoms with Crippen LogP contribution in [0, 0.1) is 0 Å². The van der Waals surface area contributed by atoms with Crippen molar-refractivity contribution in [3.05, 3.63) is 34.7 Å². The summed E-state index contributed by atoms with van der Waals surface area (Å²) in [4.78, 5) is 4.57. The summed E-state index contributed by atoms with van der Waals surface area (Å²) in [6, 6.07) is 7.77. The third kappa shape index (κ3) is 3.08. The fraction of sp³-hybridized carbons (Fsp3) is 0.357. The Balaban J connectivity index is 1.67. The second-order valence-electron chi connectivity index (χ2n) is 4.53. The number of hydrogen-bond donors (Lipinski definition) is 1. The van der Waals surface area contributed by atoms with Crippen LogP contribution < -0.4 is 5.32 Å². The van der Waals surface area contributed by atoms with Crippen molar-refractivity contribution < 1.29 is 4.74 Å². The van der Waals surface area contributed by atoms with Crippen LogP contribution in [0.25, 0.3) is 11.3 Å². The summed E-state index contributed by atoms with van der Waals surface area (Å²) >= 11 is 7.77. The molecule has 0 unspecified atom stereocenters. The van der Waals surface area contributed by atoms with Gasteiger partial charge in [0, 0.05) is 29.1 Å². The largest absolute Gasteiger partial charge is 0.376 e. The zero-order valence-electron chi connectivity index (χ0n) is 10.4. The Labute approximate surface area is 121 Å². The van der Waals surface area contributed by atoms with E-state index in [1.165, 1.54) is 0 Å². The lowest BCUT2D eigenvalue weighted by Crippen LogP contribution is -2.18. The summed E-state index contributed by atoms with van der Waals surface area (Å²) in [6.45, 7) is 1.71. The third-order valence-corrected chi connectivity index (χ3v) is 4.29. The molecule has 0 spiro atoms. The van der Waals surface area contributed by atoms with Gasteiger partial charge in [0.2, 0.25) is 0 Å². The first-order valence-corrected chi connectivity index (χ1v) is 7.64. The quantitative estimate of drug-likeness (QED) is 0.923. The van der Waals surface area contributed by atoms with Crippen molar-refractivity contribution in [2.45, 2.75) is 18.9 Å². The lowest BCUT2D eigenvalue weighted by Gasteiger charge is -2.09. The highest BCUT2D eigenvalue weighted by atomic mass is 35.5. The first kappa shape index (κ1) is 12.9. The predicted molar refractivity (Wildman–Crippen MR) is 80.0 cm³/mol. The van der Waals surface area contributed by atoms with E-state index in [2.05, 4.69) is 10.3 Å². The van der Waals surface area contributed by atoms with Gasteiger partial charge in [0.15, 0.2) is 5.13 Å². The number of halogens is 1. The molecule has 1 saturated heterocycles. The molecule has 1 aromatic carbocycles. The van der Waals surface area contributed by atoms with E-state index in [9.17, 15) is 0 Å². The Morgan fingerprint density at radius 2 is 2.32 bits per heavy atom. The van der Waals surface area contributed by atoms with Crippen LogP contribution >= 0.6 is 22.9 Å². The van der Waals surface area contributed by atoms with Crippen LogP contribution in [-0.2, 0) is 4.74 Å². The average molecular weight is 295 g/mol. The van der Waals surface area contributed by atoms with Gasteiger partial charge in [0.25, 0.3) is 0 Å². The van der Waals surface area contributed by atoms with Gasteiger partial charge in [-0.25, -0.2) is 4.98 Å². The monoisotopic (exact) mass is 294 g/mol. The zero-order chi connectivity index (χ0) is 13.1. The molecule has 2 aromatic rings. The van der Waals surface area contributed by atoms with E-state index < -0.39 is 0 Å². The molecule has 1 aliphatic rings. The number of ether oxygens (including phenoxy) is 1. The fourth-order valence-corrected chi connectivity index (χ4v) is 3.11. The van der Waals surface area contributed by atoms with E-state index in [-0.39, 0.29) is 0 Å². The molecule has 0 amide bonds. The first-order chi connectivity index (χ1) is 9.33. The van der Waals surface area contributed by atoms with Gasteiger partial charge >= 0.3 is 0 Å². The number of rotatable bonds is 4. The molecule has 1 N–H and O–H groups in total. The van der Waals surface area contributed by atoms with Gasteiger partial charge in [-0.3, -0.25) is 0 Å². The highest BCUT2D eigenvalue weighted by Gasteiger charge is 2.15. The van der Waals surface area contributed by atoms with Crippen LogP contribution in [0.2, 0.25) is 5.02 Å². The van der Waals surface area contributed by atoms with Gasteiger partial charge < -0.3 is 10.1 Å². The van der Waals surface area contributed by atoms with Crippen molar-refractivity contribution in [2.75, 3.05) is 18.5 Å². The molecule has 3 nitrogen and oxygen atoms in total. The molecule has 5 heteroatoms. The smallest absolute Gasteiger partial charge is 0.183 e. The SMILES string of the molecule is Clc1ccccc1-c1csc(NC[C@H]2CCCO2)n1. The second-order valence-corrected chi connectivity index (χ2v) is 5.80. The minimum absolute atomic E-state index is 0.327. The van der Waals surface area contributed by atoms with Gasteiger partial charge in [-0.05, 0) is 18.9 Å². The van der Waals surface area contributed by atoms with Crippen molar-refractivity contribution in [1.82, 2.24) is 4.98 Å². The summed E-state index contributed by atoms with van der Waals surface area (Å²) in [5.41, 5.74) is 1.90. The number of nitrogens with zero attached hydrogens (tertiary/aromatic N) is 1. The standard InChI is InChI=1S/C14H15ClN2OS/c15-12-6-2-1-5-11(12)13-9-19-14(17-13)16-8-10-4-3-7-18-10/h1-2,5-6,9-10H,3-4,7-8H2,(H,16,17)/t10-/m1/s1. The van der Waals surface area contributed by atoms with E-state index >= 15 is 0 Å². The van der Waals surface area contributed by atoms with Gasteiger partial charge in [-0.1, -0.05) is 29.8 Å². The molecule has 3 rings (SSSR count). The molecule has 0 bridgehead atoms. The maximum absolute atomic E-state index is 6.17. The molecule has 19 heavy (non-hydrogen) atoms. The molecule has 2 heterocycles. The molecule has 1 atom stereocenters. The van der Waals surface area contributed by atoms with Crippen molar-refractivity contribution in [2.24, 2.45) is 0 Å². The van der Waals surface area contributed by atoms with Crippen molar-refractivity contribution in [3.63, 3.8) is 0 Å². The van der Waals surface area contributed by atoms with E-state index in [0.29, 0.717) is 6.10 Å². The number of benzene rings is 1. The van der Waals surface area contributed by atoms with Gasteiger partial charge in [-0.15, -0.1) is 11.3 Å². The normalized spacial score (nSPS) is 18.7. The number of hydrogen-bond acceptors (Lipinski definition) is 4. The topological polar surface area (TPSA) is 34.1 Å². The Morgan fingerprint density at radius 1 is 1.42 bits per heavy atom. The summed E-state index contributed by atoms with van der Waals surface area (Å²) < 4.78 is 5.58. The number of aromatic nitrogens is 1. The minimum atomic E-state index is 0.327. The highest BCUT2D eigenvalue weighted by Crippen LogP contribution is 2.30. The van der Waals surface area contributed by atoms with Crippen molar-refractivity contribution in [3.8, 4) is 11.3 Å². The molecule has 100 valence electrons. The van der Waals surface area contributed by atoms with Crippen molar-refractivity contribution >= 4 is 28.1 Å². The average Bonchev–Trinajstić information content (AvgIpc) is 3.08. The van der Waals surface area contributed by atoms with Crippen LogP contribution in [0.4, 0.5) is 5.13 Å². The van der Waals surface area contributed by atoms with E-state index in [4.69, 9.17) is 16.3 Å². The third-order valence-electron chi connectivity index (χ3n) is 3.16. The minimum Gasteiger partial charge on any atom is -0.376 e. The molecule has 0 saturated carbocycles. The molecule has 1 aliphatic heterocycles. The Morgan fingerprint density at radius 3 is 3.11 bits per heavy atom. The second kappa shape index (κ2) is 5.90. The molecule has 1 fully saturated rings. The molecule has 1 aromatic heterocycles. The maximum atomic E-state index is 6.17. The zero-order valence-corrected chi connectivity index (χ0v) is 12.0. The Hall–Kier alpha value is -1.10. The number of thiazole rings is 1. The van der Waals surface area contributed by atoms with Gasteiger partial charge in [0.1, 0.15) is 0 Å². The molecular weight excluding hydrogens is 280 g/mol. The van der Waals surface area contributed by atoms with Crippen LogP contribution in [-0.4, -0.2) is 24.2 Å². The number of nitrogens with one attached hydrogen (secondary N) is 1. The van der Waals surface area contributed by atoms with Crippen LogP contribution in [0.15, 0.2) is 29.6 Å². The van der Waals surface area contributed by atoms with Gasteiger partial charge in [-0.2, -0.15) is 0 Å². The lowest BCUT2D eigenvalue weighted by atomic mass is 10.2. The van der Waals surface area contributed by atoms with E-state index in [0.717, 1.165) is 47.4 Å². The molecule has 0 radical (unpaired) electrons. The Kier molecular flexibility index (Phi) is 4.01. The lowest BCUT2D eigenvalue weighted by molar-refractivity contribution is 0.120.